The van der Waals surface area contributed by atoms with Crippen LogP contribution in [0.5, 0.6) is 0 Å². The number of hydrogen-bond acceptors (Lipinski definition) is 6. The zero-order valence-corrected chi connectivity index (χ0v) is 10.3. The second-order valence-electron chi connectivity index (χ2n) is 4.31. The van der Waals surface area contributed by atoms with Crippen LogP contribution < -0.4 is 0 Å². The van der Waals surface area contributed by atoms with Crippen LogP contribution in [-0.4, -0.2) is 30.8 Å². The van der Waals surface area contributed by atoms with Crippen LogP contribution in [-0.2, 0) is 0 Å². The lowest BCUT2D eigenvalue weighted by molar-refractivity contribution is 0.872. The molecule has 0 unspecified atom stereocenters. The highest BCUT2D eigenvalue weighted by Crippen LogP contribution is 2.27. The Balaban J connectivity index is 2.12. The van der Waals surface area contributed by atoms with Crippen LogP contribution in [0.25, 0.3) is 33.2 Å². The Bertz CT molecular complexity index is 833. The van der Waals surface area contributed by atoms with E-state index >= 15 is 0 Å². The number of nitrogens with zero attached hydrogens (tertiary/aromatic N) is 6. The van der Waals surface area contributed by atoms with Crippen molar-refractivity contribution in [1.82, 2.24) is 30.8 Å². The fourth-order valence-electron chi connectivity index (χ4n) is 2.21. The van der Waals surface area contributed by atoms with Crippen LogP contribution in [0.4, 0.5) is 0 Å². The van der Waals surface area contributed by atoms with E-state index in [2.05, 4.69) is 30.8 Å². The summed E-state index contributed by atoms with van der Waals surface area (Å²) in [7, 11) is 0. The van der Waals surface area contributed by atoms with Gasteiger partial charge < -0.3 is 0 Å². The summed E-state index contributed by atoms with van der Waals surface area (Å²) in [5.41, 5.74) is 2.89. The van der Waals surface area contributed by atoms with E-state index in [0.29, 0.717) is 11.4 Å². The van der Waals surface area contributed by atoms with Gasteiger partial charge in [-0.05, 0) is 22.6 Å². The van der Waals surface area contributed by atoms with Crippen molar-refractivity contribution in [2.45, 2.75) is 0 Å². The van der Waals surface area contributed by atoms with Gasteiger partial charge in [-0.2, -0.15) is 0 Å². The van der Waals surface area contributed by atoms with Gasteiger partial charge in [0, 0.05) is 10.8 Å². The molecule has 0 aliphatic heterocycles. The third kappa shape index (κ3) is 1.58. The third-order valence-electron chi connectivity index (χ3n) is 3.14. The number of aromatic nitrogens is 6. The Morgan fingerprint density at radius 1 is 0.500 bits per heavy atom. The quantitative estimate of drug-likeness (QED) is 0.521. The summed E-state index contributed by atoms with van der Waals surface area (Å²) in [6, 6.07) is 15.4. The lowest BCUT2D eigenvalue weighted by atomic mass is 10.1. The normalized spacial score (nSPS) is 11.0. The molecule has 6 nitrogen and oxygen atoms in total. The molecule has 20 heavy (non-hydrogen) atoms. The van der Waals surface area contributed by atoms with Gasteiger partial charge in [-0.25, -0.2) is 0 Å². The summed E-state index contributed by atoms with van der Waals surface area (Å²) in [5, 5.41) is 25.7. The molecule has 4 aromatic rings. The highest BCUT2D eigenvalue weighted by atomic mass is 15.3. The molecule has 2 heterocycles. The van der Waals surface area contributed by atoms with E-state index in [1.165, 1.54) is 0 Å². The van der Waals surface area contributed by atoms with Gasteiger partial charge >= 0.3 is 0 Å². The highest BCUT2D eigenvalue weighted by Gasteiger charge is 2.12. The molecule has 0 radical (unpaired) electrons. The van der Waals surface area contributed by atoms with Crippen molar-refractivity contribution in [1.29, 1.82) is 0 Å². The van der Waals surface area contributed by atoms with Crippen molar-refractivity contribution >= 4 is 21.8 Å². The lowest BCUT2D eigenvalue weighted by Gasteiger charge is -2.04. The Hall–Kier alpha value is -3.02. The first-order valence-corrected chi connectivity index (χ1v) is 6.10. The molecule has 0 N–H and O–H groups in total. The van der Waals surface area contributed by atoms with E-state index in [1.807, 2.05) is 48.5 Å². The smallest absolute Gasteiger partial charge is 0.125 e. The Labute approximate surface area is 113 Å². The maximum atomic E-state index is 4.14. The first-order chi connectivity index (χ1) is 9.93. The summed E-state index contributed by atoms with van der Waals surface area (Å²) in [4.78, 5) is 0. The molecule has 0 fully saturated rings. The third-order valence-corrected chi connectivity index (χ3v) is 3.14. The number of fused-ring (bicyclic) bond motifs is 2. The van der Waals surface area contributed by atoms with E-state index in [0.717, 1.165) is 21.8 Å². The Kier molecular flexibility index (Phi) is 2.32. The second-order valence-corrected chi connectivity index (χ2v) is 4.31. The molecule has 0 aliphatic carbocycles. The molecule has 2 aromatic heterocycles. The number of hydrogen-bond donors (Lipinski definition) is 0. The van der Waals surface area contributed by atoms with Crippen molar-refractivity contribution in [3.05, 3.63) is 48.5 Å². The minimum atomic E-state index is 0.668. The van der Waals surface area contributed by atoms with Gasteiger partial charge in [-0.15, -0.1) is 20.4 Å². The van der Waals surface area contributed by atoms with E-state index in [4.69, 9.17) is 0 Å². The predicted octanol–water partition coefficient (Wildman–Crippen LogP) is 2.03. The van der Waals surface area contributed by atoms with Gasteiger partial charge in [-0.3, -0.25) is 0 Å². The fourth-order valence-corrected chi connectivity index (χ4v) is 2.21. The molecule has 6 heteroatoms. The molecular formula is C14H8N6. The SMILES string of the molecule is c1ccc2c(-c3nnnc4ccccc34)nnnc2c1. The molecule has 0 atom stereocenters. The Morgan fingerprint density at radius 2 is 0.950 bits per heavy atom. The van der Waals surface area contributed by atoms with Gasteiger partial charge in [-0.1, -0.05) is 36.4 Å². The minimum Gasteiger partial charge on any atom is -0.130 e. The maximum absolute atomic E-state index is 4.14. The number of benzene rings is 2. The van der Waals surface area contributed by atoms with Crippen LogP contribution in [0.1, 0.15) is 0 Å². The summed E-state index contributed by atoms with van der Waals surface area (Å²) in [6.07, 6.45) is 0. The summed E-state index contributed by atoms with van der Waals surface area (Å²) in [6.45, 7) is 0. The van der Waals surface area contributed by atoms with Gasteiger partial charge in [0.15, 0.2) is 0 Å². The maximum Gasteiger partial charge on any atom is 0.125 e. The minimum absolute atomic E-state index is 0.668. The average Bonchev–Trinajstić information content (AvgIpc) is 2.54. The molecule has 4 rings (SSSR count). The topological polar surface area (TPSA) is 77.3 Å². The zero-order valence-electron chi connectivity index (χ0n) is 10.3. The van der Waals surface area contributed by atoms with Crippen LogP contribution in [0.2, 0.25) is 0 Å². The van der Waals surface area contributed by atoms with Crippen LogP contribution in [0, 0.1) is 0 Å². The first-order valence-electron chi connectivity index (χ1n) is 6.10. The van der Waals surface area contributed by atoms with Crippen molar-refractivity contribution < 1.29 is 0 Å². The molecule has 94 valence electrons. The molecular weight excluding hydrogens is 252 g/mol. The fraction of sp³-hybridized carbons (Fsp3) is 0. The lowest BCUT2D eigenvalue weighted by Crippen LogP contribution is -1.99. The summed E-state index contributed by atoms with van der Waals surface area (Å²) >= 11 is 0. The number of rotatable bonds is 1. The van der Waals surface area contributed by atoms with Crippen molar-refractivity contribution in [3.63, 3.8) is 0 Å². The largest absolute Gasteiger partial charge is 0.130 e. The van der Waals surface area contributed by atoms with Crippen molar-refractivity contribution in [2.75, 3.05) is 0 Å². The molecule has 0 saturated heterocycles. The summed E-state index contributed by atoms with van der Waals surface area (Å²) in [5.74, 6) is 0. The zero-order chi connectivity index (χ0) is 13.4. The molecule has 0 amide bonds. The Morgan fingerprint density at radius 3 is 1.45 bits per heavy atom. The van der Waals surface area contributed by atoms with Gasteiger partial charge in [0.05, 0.1) is 11.0 Å². The molecule has 0 saturated carbocycles. The first kappa shape index (κ1) is 10.9. The van der Waals surface area contributed by atoms with Crippen molar-refractivity contribution in [3.8, 4) is 11.4 Å². The van der Waals surface area contributed by atoms with Crippen LogP contribution in [0.15, 0.2) is 48.5 Å². The average molecular weight is 260 g/mol. The summed E-state index contributed by atoms with van der Waals surface area (Å²) < 4.78 is 0. The van der Waals surface area contributed by atoms with Gasteiger partial charge in [0.2, 0.25) is 0 Å². The van der Waals surface area contributed by atoms with Crippen molar-refractivity contribution in [2.24, 2.45) is 0 Å². The standard InChI is InChI=1S/C14H8N6/c1-3-7-11-9(5-1)13(17-19-15-11)14-10-6-2-4-8-12(10)16-20-18-14/h1-8H. The molecule has 0 aliphatic rings. The predicted molar refractivity (Wildman–Crippen MR) is 73.7 cm³/mol. The van der Waals surface area contributed by atoms with E-state index in [9.17, 15) is 0 Å². The molecule has 2 aromatic carbocycles. The van der Waals surface area contributed by atoms with Gasteiger partial charge in [0.1, 0.15) is 11.4 Å². The van der Waals surface area contributed by atoms with E-state index in [-0.39, 0.29) is 0 Å². The van der Waals surface area contributed by atoms with E-state index in [1.54, 1.807) is 0 Å². The molecule has 0 bridgehead atoms. The second kappa shape index (κ2) is 4.27. The highest BCUT2D eigenvalue weighted by molar-refractivity contribution is 5.99. The monoisotopic (exact) mass is 260 g/mol. The molecule has 0 spiro atoms. The van der Waals surface area contributed by atoms with Gasteiger partial charge in [0.25, 0.3) is 0 Å². The van der Waals surface area contributed by atoms with E-state index < -0.39 is 0 Å². The van der Waals surface area contributed by atoms with Crippen LogP contribution in [0.3, 0.4) is 0 Å². The van der Waals surface area contributed by atoms with Crippen LogP contribution >= 0.6 is 0 Å².